The van der Waals surface area contributed by atoms with Gasteiger partial charge in [0.25, 0.3) is 0 Å². The van der Waals surface area contributed by atoms with Gasteiger partial charge in [-0.15, -0.1) is 24.8 Å². The number of benzene rings is 1. The fraction of sp³-hybridized carbons (Fsp3) is 0.538. The fourth-order valence-electron chi connectivity index (χ4n) is 2.38. The van der Waals surface area contributed by atoms with Crippen molar-refractivity contribution >= 4 is 24.8 Å². The minimum absolute atomic E-state index is 0. The van der Waals surface area contributed by atoms with Gasteiger partial charge in [-0.1, -0.05) is 12.1 Å². The van der Waals surface area contributed by atoms with Crippen molar-refractivity contribution in [2.45, 2.75) is 12.2 Å². The smallest absolute Gasteiger partial charge is 0.329 e. The van der Waals surface area contributed by atoms with Crippen molar-refractivity contribution in [1.29, 1.82) is 0 Å². The Labute approximate surface area is 134 Å². The highest BCUT2D eigenvalue weighted by Gasteiger charge is 2.30. The summed E-state index contributed by atoms with van der Waals surface area (Å²) in [5, 5.41) is 3.24. The summed E-state index contributed by atoms with van der Waals surface area (Å²) in [4.78, 5) is 2.21. The maximum Gasteiger partial charge on any atom is 0.416 e. The molecule has 1 atom stereocenters. The molecule has 0 saturated carbocycles. The first-order chi connectivity index (χ1) is 9.02. The molecule has 0 amide bonds. The van der Waals surface area contributed by atoms with Gasteiger partial charge in [0.2, 0.25) is 0 Å². The summed E-state index contributed by atoms with van der Waals surface area (Å²) in [7, 11) is 0. The maximum absolute atomic E-state index is 12.5. The average Bonchev–Trinajstić information content (AvgIpc) is 2.40. The molecule has 2 rings (SSSR count). The SMILES string of the molecule is Cl.Cl.NCC(c1ccc(C(F)(F)F)cc1)N1CCNCC1. The molecule has 0 bridgehead atoms. The molecule has 21 heavy (non-hydrogen) atoms. The molecule has 1 unspecified atom stereocenters. The number of nitrogens with two attached hydrogens (primary N) is 1. The highest BCUT2D eigenvalue weighted by Crippen LogP contribution is 2.30. The number of halogens is 5. The topological polar surface area (TPSA) is 41.3 Å². The van der Waals surface area contributed by atoms with Crippen molar-refractivity contribution < 1.29 is 13.2 Å². The van der Waals surface area contributed by atoms with Gasteiger partial charge in [-0.25, -0.2) is 0 Å². The van der Waals surface area contributed by atoms with Gasteiger partial charge < -0.3 is 11.1 Å². The van der Waals surface area contributed by atoms with Crippen molar-refractivity contribution in [2.75, 3.05) is 32.7 Å². The van der Waals surface area contributed by atoms with Crippen LogP contribution in [-0.4, -0.2) is 37.6 Å². The van der Waals surface area contributed by atoms with Crippen LogP contribution in [0.2, 0.25) is 0 Å². The molecule has 0 aliphatic carbocycles. The number of hydrogen-bond donors (Lipinski definition) is 2. The van der Waals surface area contributed by atoms with E-state index in [0.29, 0.717) is 6.54 Å². The van der Waals surface area contributed by atoms with Crippen molar-refractivity contribution in [1.82, 2.24) is 10.2 Å². The number of rotatable bonds is 3. The third-order valence-electron chi connectivity index (χ3n) is 3.44. The minimum Gasteiger partial charge on any atom is -0.329 e. The summed E-state index contributed by atoms with van der Waals surface area (Å²) in [6.07, 6.45) is -4.29. The van der Waals surface area contributed by atoms with Crippen LogP contribution in [0.15, 0.2) is 24.3 Å². The number of piperazine rings is 1. The lowest BCUT2D eigenvalue weighted by molar-refractivity contribution is -0.137. The summed E-state index contributed by atoms with van der Waals surface area (Å²) in [5.74, 6) is 0. The van der Waals surface area contributed by atoms with Gasteiger partial charge in [0.15, 0.2) is 0 Å². The van der Waals surface area contributed by atoms with E-state index in [1.54, 1.807) is 0 Å². The summed E-state index contributed by atoms with van der Waals surface area (Å²) in [6, 6.07) is 5.30. The van der Waals surface area contributed by atoms with E-state index in [1.807, 2.05) is 0 Å². The molecule has 122 valence electrons. The van der Waals surface area contributed by atoms with E-state index in [0.717, 1.165) is 43.9 Å². The lowest BCUT2D eigenvalue weighted by Gasteiger charge is -2.34. The van der Waals surface area contributed by atoms with Gasteiger partial charge in [0.05, 0.1) is 5.56 Å². The monoisotopic (exact) mass is 345 g/mol. The zero-order valence-electron chi connectivity index (χ0n) is 11.4. The van der Waals surface area contributed by atoms with Crippen molar-refractivity contribution in [3.8, 4) is 0 Å². The second-order valence-corrected chi connectivity index (χ2v) is 4.66. The van der Waals surface area contributed by atoms with Crippen LogP contribution in [0.3, 0.4) is 0 Å². The van der Waals surface area contributed by atoms with Gasteiger partial charge in [0, 0.05) is 38.8 Å². The summed E-state index contributed by atoms with van der Waals surface area (Å²) in [6.45, 7) is 3.91. The van der Waals surface area contributed by atoms with Crippen LogP contribution in [0.4, 0.5) is 13.2 Å². The molecular formula is C13H20Cl2F3N3. The fourth-order valence-corrected chi connectivity index (χ4v) is 2.38. The van der Waals surface area contributed by atoms with Crippen LogP contribution in [-0.2, 0) is 6.18 Å². The second kappa shape index (κ2) is 8.80. The zero-order chi connectivity index (χ0) is 13.9. The number of hydrogen-bond acceptors (Lipinski definition) is 3. The van der Waals surface area contributed by atoms with Crippen LogP contribution < -0.4 is 11.1 Å². The molecule has 0 radical (unpaired) electrons. The normalized spacial score (nSPS) is 17.5. The van der Waals surface area contributed by atoms with E-state index in [2.05, 4.69) is 10.2 Å². The predicted octanol–water partition coefficient (Wildman–Crippen LogP) is 2.45. The van der Waals surface area contributed by atoms with Crippen molar-refractivity contribution in [2.24, 2.45) is 5.73 Å². The summed E-state index contributed by atoms with van der Waals surface area (Å²) < 4.78 is 37.5. The predicted molar refractivity (Wildman–Crippen MR) is 82.2 cm³/mol. The largest absolute Gasteiger partial charge is 0.416 e. The molecule has 1 aromatic rings. The molecule has 1 aromatic carbocycles. The van der Waals surface area contributed by atoms with Crippen LogP contribution in [0, 0.1) is 0 Å². The number of nitrogens with one attached hydrogen (secondary N) is 1. The molecule has 1 fully saturated rings. The first-order valence-corrected chi connectivity index (χ1v) is 6.34. The first kappa shape index (κ1) is 20.5. The first-order valence-electron chi connectivity index (χ1n) is 6.34. The van der Waals surface area contributed by atoms with Gasteiger partial charge >= 0.3 is 6.18 Å². The standard InChI is InChI=1S/C13H18F3N3.2ClH/c14-13(15,16)11-3-1-10(2-4-11)12(9-17)19-7-5-18-6-8-19;;/h1-4,12,18H,5-9,17H2;2*1H. The molecule has 1 aliphatic heterocycles. The highest BCUT2D eigenvalue weighted by atomic mass is 35.5. The Hall–Kier alpha value is -0.530. The van der Waals surface area contributed by atoms with Crippen LogP contribution in [0.25, 0.3) is 0 Å². The van der Waals surface area contributed by atoms with Gasteiger partial charge in [-0.3, -0.25) is 4.90 Å². The maximum atomic E-state index is 12.5. The van der Waals surface area contributed by atoms with E-state index in [1.165, 1.54) is 12.1 Å². The Morgan fingerprint density at radius 3 is 2.05 bits per heavy atom. The Bertz CT molecular complexity index is 406. The third-order valence-corrected chi connectivity index (χ3v) is 3.44. The lowest BCUT2D eigenvalue weighted by atomic mass is 10.0. The number of alkyl halides is 3. The average molecular weight is 346 g/mol. The van der Waals surface area contributed by atoms with Crippen LogP contribution >= 0.6 is 24.8 Å². The molecule has 1 aliphatic rings. The minimum atomic E-state index is -4.29. The van der Waals surface area contributed by atoms with Crippen LogP contribution in [0.1, 0.15) is 17.2 Å². The van der Waals surface area contributed by atoms with E-state index in [4.69, 9.17) is 5.73 Å². The van der Waals surface area contributed by atoms with E-state index in [-0.39, 0.29) is 30.9 Å². The van der Waals surface area contributed by atoms with E-state index >= 15 is 0 Å². The van der Waals surface area contributed by atoms with Crippen LogP contribution in [0.5, 0.6) is 0 Å². The Balaban J connectivity index is 0.00000200. The summed E-state index contributed by atoms with van der Waals surface area (Å²) in [5.41, 5.74) is 6.00. The molecule has 8 heteroatoms. The molecule has 0 aromatic heterocycles. The molecule has 0 spiro atoms. The second-order valence-electron chi connectivity index (χ2n) is 4.66. The molecule has 1 saturated heterocycles. The lowest BCUT2D eigenvalue weighted by Crippen LogP contribution is -2.46. The number of nitrogens with zero attached hydrogens (tertiary/aromatic N) is 1. The Morgan fingerprint density at radius 1 is 1.10 bits per heavy atom. The van der Waals surface area contributed by atoms with Crippen molar-refractivity contribution in [3.63, 3.8) is 0 Å². The van der Waals surface area contributed by atoms with E-state index < -0.39 is 11.7 Å². The Morgan fingerprint density at radius 2 is 1.62 bits per heavy atom. The molecule has 3 nitrogen and oxygen atoms in total. The molecule has 1 heterocycles. The quantitative estimate of drug-likeness (QED) is 0.884. The molecule has 3 N–H and O–H groups in total. The Kier molecular flexibility index (Phi) is 8.58. The summed E-state index contributed by atoms with van der Waals surface area (Å²) >= 11 is 0. The van der Waals surface area contributed by atoms with Crippen molar-refractivity contribution in [3.05, 3.63) is 35.4 Å². The third kappa shape index (κ3) is 5.30. The zero-order valence-corrected chi connectivity index (χ0v) is 13.0. The van der Waals surface area contributed by atoms with Gasteiger partial charge in [-0.05, 0) is 17.7 Å². The van der Waals surface area contributed by atoms with Gasteiger partial charge in [-0.2, -0.15) is 13.2 Å². The van der Waals surface area contributed by atoms with E-state index in [9.17, 15) is 13.2 Å². The highest BCUT2D eigenvalue weighted by molar-refractivity contribution is 5.85. The molecular weight excluding hydrogens is 326 g/mol. The van der Waals surface area contributed by atoms with Gasteiger partial charge in [0.1, 0.15) is 0 Å².